The fourth-order valence-corrected chi connectivity index (χ4v) is 7.09. The van der Waals surface area contributed by atoms with E-state index < -0.39 is 47.9 Å². The van der Waals surface area contributed by atoms with Crippen LogP contribution in [0.3, 0.4) is 0 Å². The molecule has 2 saturated carbocycles. The number of halogens is 3. The van der Waals surface area contributed by atoms with E-state index in [9.17, 15) is 24.0 Å². The Labute approximate surface area is 256 Å². The van der Waals surface area contributed by atoms with Crippen LogP contribution in [0, 0.1) is 23.7 Å². The summed E-state index contributed by atoms with van der Waals surface area (Å²) < 4.78 is 5.37. The van der Waals surface area contributed by atoms with Gasteiger partial charge in [0.25, 0.3) is 17.7 Å². The van der Waals surface area contributed by atoms with E-state index in [0.717, 1.165) is 29.3 Å². The maximum absolute atomic E-state index is 13.7. The number of hydrogen-bond acceptors (Lipinski definition) is 6. The van der Waals surface area contributed by atoms with Crippen LogP contribution < -0.4 is 4.74 Å². The Morgan fingerprint density at radius 1 is 0.810 bits per heavy atom. The van der Waals surface area contributed by atoms with Gasteiger partial charge in [0.05, 0.1) is 33.0 Å². The molecule has 2 aliphatic carbocycles. The smallest absolute Gasteiger partial charge is 0.345 e. The molecule has 3 fully saturated rings. The first-order valence-electron chi connectivity index (χ1n) is 13.4. The molecule has 1 heterocycles. The van der Waals surface area contributed by atoms with Crippen LogP contribution in [-0.2, 0) is 9.59 Å². The number of imide groups is 1. The van der Waals surface area contributed by atoms with Crippen molar-refractivity contribution in [2.24, 2.45) is 23.7 Å². The molecule has 3 aromatic rings. The molecular formula is C31H23Cl3N2O6. The van der Waals surface area contributed by atoms with Crippen molar-refractivity contribution in [3.8, 4) is 5.75 Å². The van der Waals surface area contributed by atoms with Gasteiger partial charge in [0, 0.05) is 10.6 Å². The molecule has 0 unspecified atom stereocenters. The molecule has 4 atom stereocenters. The number of benzene rings is 3. The summed E-state index contributed by atoms with van der Waals surface area (Å²) in [4.78, 5) is 66.9. The summed E-state index contributed by atoms with van der Waals surface area (Å²) in [5, 5.41) is 2.42. The lowest BCUT2D eigenvalue weighted by atomic mass is 9.81. The van der Waals surface area contributed by atoms with E-state index in [1.807, 2.05) is 0 Å². The summed E-state index contributed by atoms with van der Waals surface area (Å²) in [6, 6.07) is 16.3. The van der Waals surface area contributed by atoms with Gasteiger partial charge in [0.1, 0.15) is 12.3 Å². The number of hydrazine groups is 1. The van der Waals surface area contributed by atoms with Crippen molar-refractivity contribution in [3.05, 3.63) is 98.5 Å². The lowest BCUT2D eigenvalue weighted by molar-refractivity contribution is -0.155. The molecule has 214 valence electrons. The lowest BCUT2D eigenvalue weighted by Gasteiger charge is -2.31. The predicted octanol–water partition coefficient (Wildman–Crippen LogP) is 6.14. The van der Waals surface area contributed by atoms with Crippen LogP contribution in [-0.4, -0.2) is 46.0 Å². The highest BCUT2D eigenvalue weighted by Gasteiger charge is 2.62. The molecule has 1 saturated heterocycles. The number of Topliss-reactive ketones (excluding diaryl/α,β-unsaturated/α-hetero) is 1. The second kappa shape index (κ2) is 11.2. The van der Waals surface area contributed by atoms with E-state index in [2.05, 4.69) is 0 Å². The number of nitrogens with zero attached hydrogens (tertiary/aromatic N) is 2. The van der Waals surface area contributed by atoms with Crippen molar-refractivity contribution in [1.29, 1.82) is 0 Å². The van der Waals surface area contributed by atoms with Crippen LogP contribution in [0.5, 0.6) is 5.75 Å². The molecule has 6 rings (SSSR count). The first-order chi connectivity index (χ1) is 20.1. The standard InChI is InChI=1S/C31H23Cl3N2O6/c32-19-9-12-22(24(34)14-19)31(41)42-20-10-7-16(8-11-20)25(37)15-35(28(38)21-3-1-2-4-23(21)33)36-29(39)26-17-5-6-18(13-17)27(26)30(36)40/h1-4,7-12,14,17-18,26-27H,5-6,13,15H2/t17-,18-,26-,27-/m0/s1. The van der Waals surface area contributed by atoms with E-state index in [0.29, 0.717) is 5.02 Å². The molecule has 8 nitrogen and oxygen atoms in total. The molecule has 0 N–H and O–H groups in total. The van der Waals surface area contributed by atoms with Crippen LogP contribution in [0.1, 0.15) is 50.3 Å². The van der Waals surface area contributed by atoms with Crippen LogP contribution in [0.2, 0.25) is 15.1 Å². The normalized spacial score (nSPS) is 22.3. The van der Waals surface area contributed by atoms with Gasteiger partial charge in [-0.15, -0.1) is 0 Å². The first kappa shape index (κ1) is 28.4. The average Bonchev–Trinajstić information content (AvgIpc) is 3.65. The second-order valence-electron chi connectivity index (χ2n) is 10.7. The van der Waals surface area contributed by atoms with Gasteiger partial charge >= 0.3 is 5.97 Å². The summed E-state index contributed by atoms with van der Waals surface area (Å²) in [7, 11) is 0. The number of ether oxygens (including phenoxy) is 1. The van der Waals surface area contributed by atoms with E-state index in [1.54, 1.807) is 12.1 Å². The zero-order valence-electron chi connectivity index (χ0n) is 22.0. The minimum Gasteiger partial charge on any atom is -0.423 e. The fourth-order valence-electron chi connectivity index (χ4n) is 6.39. The van der Waals surface area contributed by atoms with Crippen molar-refractivity contribution in [3.63, 3.8) is 0 Å². The highest BCUT2D eigenvalue weighted by molar-refractivity contribution is 6.36. The molecule has 2 bridgehead atoms. The molecule has 42 heavy (non-hydrogen) atoms. The number of esters is 1. The predicted molar refractivity (Wildman–Crippen MR) is 154 cm³/mol. The number of fused-ring (bicyclic) bond motifs is 5. The quantitative estimate of drug-likeness (QED) is 0.135. The van der Waals surface area contributed by atoms with E-state index in [1.165, 1.54) is 54.6 Å². The Kier molecular flexibility index (Phi) is 7.55. The molecule has 0 aromatic heterocycles. The molecule has 1 aliphatic heterocycles. The third-order valence-corrected chi connectivity index (χ3v) is 9.19. The summed E-state index contributed by atoms with van der Waals surface area (Å²) >= 11 is 18.3. The Morgan fingerprint density at radius 2 is 1.45 bits per heavy atom. The summed E-state index contributed by atoms with van der Waals surface area (Å²) in [6.07, 6.45) is 2.58. The number of hydrogen-bond donors (Lipinski definition) is 0. The Morgan fingerprint density at radius 3 is 2.07 bits per heavy atom. The molecule has 3 aromatic carbocycles. The maximum Gasteiger partial charge on any atom is 0.345 e. The first-order valence-corrected chi connectivity index (χ1v) is 14.5. The van der Waals surface area contributed by atoms with Gasteiger partial charge in [-0.2, -0.15) is 5.01 Å². The SMILES string of the molecule is O=C(CN(C(=O)c1ccccc1Cl)N1C(=O)[C@H]2[C@H]3CC[C@@H](C3)[C@@H]2C1=O)c1ccc(OC(=O)c2ccc(Cl)cc2Cl)cc1. The third kappa shape index (κ3) is 4.97. The number of carbonyl (C=O) groups excluding carboxylic acids is 5. The third-order valence-electron chi connectivity index (χ3n) is 8.32. The van der Waals surface area contributed by atoms with Gasteiger partial charge in [0.15, 0.2) is 5.78 Å². The van der Waals surface area contributed by atoms with Crippen LogP contribution in [0.15, 0.2) is 66.7 Å². The van der Waals surface area contributed by atoms with Crippen molar-refractivity contribution in [2.75, 3.05) is 6.54 Å². The molecule has 3 amide bonds. The number of rotatable bonds is 7. The summed E-state index contributed by atoms with van der Waals surface area (Å²) in [6.45, 7) is -0.574. The van der Waals surface area contributed by atoms with Gasteiger partial charge < -0.3 is 4.74 Å². The monoisotopic (exact) mass is 624 g/mol. The van der Waals surface area contributed by atoms with Gasteiger partial charge in [-0.1, -0.05) is 46.9 Å². The molecule has 0 radical (unpaired) electrons. The number of ketones is 1. The van der Waals surface area contributed by atoms with Crippen LogP contribution in [0.25, 0.3) is 0 Å². The van der Waals surface area contributed by atoms with Gasteiger partial charge in [-0.05, 0) is 85.7 Å². The highest BCUT2D eigenvalue weighted by atomic mass is 35.5. The minimum atomic E-state index is -0.728. The van der Waals surface area contributed by atoms with Crippen LogP contribution >= 0.6 is 34.8 Å². The summed E-state index contributed by atoms with van der Waals surface area (Å²) in [5.41, 5.74) is 0.361. The Balaban J connectivity index is 1.24. The Bertz CT molecular complexity index is 1610. The lowest BCUT2D eigenvalue weighted by Crippen LogP contribution is -2.52. The minimum absolute atomic E-state index is 0.0655. The van der Waals surface area contributed by atoms with Gasteiger partial charge in [-0.3, -0.25) is 19.2 Å². The molecular weight excluding hydrogens is 603 g/mol. The second-order valence-corrected chi connectivity index (χ2v) is 11.9. The van der Waals surface area contributed by atoms with E-state index in [4.69, 9.17) is 39.5 Å². The Hall–Kier alpha value is -3.72. The van der Waals surface area contributed by atoms with Crippen molar-refractivity contribution >= 4 is 64.3 Å². The molecule has 3 aliphatic rings. The molecule has 0 spiro atoms. The van der Waals surface area contributed by atoms with Crippen LogP contribution in [0.4, 0.5) is 0 Å². The average molecular weight is 626 g/mol. The van der Waals surface area contributed by atoms with E-state index in [-0.39, 0.29) is 44.3 Å². The number of carbonyl (C=O) groups is 5. The van der Waals surface area contributed by atoms with Crippen molar-refractivity contribution < 1.29 is 28.7 Å². The van der Waals surface area contributed by atoms with E-state index >= 15 is 0 Å². The largest absolute Gasteiger partial charge is 0.423 e. The van der Waals surface area contributed by atoms with Crippen molar-refractivity contribution in [1.82, 2.24) is 10.0 Å². The molecule has 11 heteroatoms. The topological polar surface area (TPSA) is 101 Å². The zero-order chi connectivity index (χ0) is 29.7. The zero-order valence-corrected chi connectivity index (χ0v) is 24.2. The fraction of sp³-hybridized carbons (Fsp3) is 0.258. The van der Waals surface area contributed by atoms with Gasteiger partial charge in [-0.25, -0.2) is 9.80 Å². The highest BCUT2D eigenvalue weighted by Crippen LogP contribution is 2.56. The van der Waals surface area contributed by atoms with Gasteiger partial charge in [0.2, 0.25) is 0 Å². The summed E-state index contributed by atoms with van der Waals surface area (Å²) in [5.74, 6) is -3.46. The number of amides is 3. The maximum atomic E-state index is 13.7. The van der Waals surface area contributed by atoms with Crippen molar-refractivity contribution in [2.45, 2.75) is 19.3 Å².